The minimum absolute atomic E-state index is 0.244. The summed E-state index contributed by atoms with van der Waals surface area (Å²) < 4.78 is 40.0. The largest absolute Gasteiger partial charge is 0.490 e. The minimum Gasteiger partial charge on any atom is -0.490 e. The summed E-state index contributed by atoms with van der Waals surface area (Å²) in [5.41, 5.74) is 1.02. The Hall–Kier alpha value is -3.42. The van der Waals surface area contributed by atoms with Crippen LogP contribution in [0.25, 0.3) is 0 Å². The molecule has 388 valence electrons. The Labute approximate surface area is 416 Å². The number of benzene rings is 2. The Balaban J connectivity index is 2.18. The van der Waals surface area contributed by atoms with Crippen molar-refractivity contribution >= 4 is 11.6 Å². The first-order valence-corrected chi connectivity index (χ1v) is 28.8. The maximum atomic E-state index is 15.4. The fraction of sp³-hybridized carbons (Fsp3) is 0.767. The molecule has 8 heteroatoms. The molecule has 0 heterocycles. The van der Waals surface area contributed by atoms with E-state index < -0.39 is 0 Å². The van der Waals surface area contributed by atoms with Gasteiger partial charge in [0.2, 0.25) is 11.5 Å². The van der Waals surface area contributed by atoms with Crippen molar-refractivity contribution in [2.45, 2.75) is 260 Å². The Bertz CT molecular complexity index is 1510. The van der Waals surface area contributed by atoms with Gasteiger partial charge in [0.05, 0.1) is 50.8 Å². The Morgan fingerprint density at radius 2 is 0.471 bits per heavy atom. The van der Waals surface area contributed by atoms with Gasteiger partial charge in [-0.2, -0.15) is 0 Å². The summed E-state index contributed by atoms with van der Waals surface area (Å²) >= 11 is 0. The molecule has 0 radical (unpaired) electrons. The molecule has 1 aliphatic rings. The molecular formula is C60H100O8. The average molecular weight is 949 g/mol. The zero-order valence-electron chi connectivity index (χ0n) is 44.7. The summed E-state index contributed by atoms with van der Waals surface area (Å²) in [6, 6.07) is 3.52. The number of hydrogen-bond acceptors (Lipinski definition) is 8. The topological polar surface area (TPSA) is 89.5 Å². The lowest BCUT2D eigenvalue weighted by molar-refractivity contribution is 0.0968. The summed E-state index contributed by atoms with van der Waals surface area (Å²) in [5.74, 6) is 1.86. The van der Waals surface area contributed by atoms with E-state index in [9.17, 15) is 0 Å². The average Bonchev–Trinajstić information content (AvgIpc) is 3.34. The first-order chi connectivity index (χ1) is 33.5. The van der Waals surface area contributed by atoms with Crippen molar-refractivity contribution < 1.29 is 38.0 Å². The van der Waals surface area contributed by atoms with Crippen LogP contribution in [-0.2, 0) is 0 Å². The van der Waals surface area contributed by atoms with Crippen molar-refractivity contribution in [3.63, 3.8) is 0 Å². The molecule has 0 saturated heterocycles. The molecule has 68 heavy (non-hydrogen) atoms. The van der Waals surface area contributed by atoms with Gasteiger partial charge in [0.25, 0.3) is 0 Å². The smallest absolute Gasteiger partial charge is 0.204 e. The fourth-order valence-corrected chi connectivity index (χ4v) is 9.08. The summed E-state index contributed by atoms with van der Waals surface area (Å²) in [6.07, 6.45) is 37.6. The van der Waals surface area contributed by atoms with Gasteiger partial charge in [0, 0.05) is 11.1 Å². The maximum Gasteiger partial charge on any atom is 0.204 e. The molecule has 0 N–H and O–H groups in total. The van der Waals surface area contributed by atoms with E-state index in [0.717, 1.165) is 128 Å². The predicted molar refractivity (Wildman–Crippen MR) is 284 cm³/mol. The van der Waals surface area contributed by atoms with Crippen LogP contribution in [-0.4, -0.2) is 51.2 Å². The highest BCUT2D eigenvalue weighted by atomic mass is 16.5. The van der Waals surface area contributed by atoms with E-state index in [4.69, 9.17) is 28.4 Å². The Morgan fingerprint density at radius 3 is 0.721 bits per heavy atom. The van der Waals surface area contributed by atoms with E-state index in [1.807, 2.05) is 0 Å². The van der Waals surface area contributed by atoms with Crippen molar-refractivity contribution in [1.29, 1.82) is 0 Å². The van der Waals surface area contributed by atoms with Gasteiger partial charge in [0.1, 0.15) is 0 Å². The molecule has 0 spiro atoms. The Morgan fingerprint density at radius 1 is 0.265 bits per heavy atom. The quantitative estimate of drug-likeness (QED) is 0.0518. The predicted octanol–water partition coefficient (Wildman–Crippen LogP) is 18.1. The minimum atomic E-state index is -0.290. The number of unbranched alkanes of at least 4 members (excludes halogenated alkanes) is 28. The van der Waals surface area contributed by atoms with E-state index in [0.29, 0.717) is 74.1 Å². The van der Waals surface area contributed by atoms with Gasteiger partial charge < -0.3 is 28.4 Å². The van der Waals surface area contributed by atoms with E-state index in [-0.39, 0.29) is 33.8 Å². The van der Waals surface area contributed by atoms with Crippen LogP contribution in [0.3, 0.4) is 0 Å². The monoisotopic (exact) mass is 949 g/mol. The highest BCUT2D eigenvalue weighted by Crippen LogP contribution is 2.51. The SMILES string of the molecule is CCCCCCCCOc1cc2c(c(OCCCCCCC)c1OCCCCCCCC)C(=O)c1cc(OCCCCCCCC)c(OCCCCCCCC)c(OCCCCCCC)c1C2=O. The zero-order valence-corrected chi connectivity index (χ0v) is 44.7. The third-order valence-electron chi connectivity index (χ3n) is 13.3. The fourth-order valence-electron chi connectivity index (χ4n) is 9.08. The van der Waals surface area contributed by atoms with Crippen molar-refractivity contribution in [1.82, 2.24) is 0 Å². The molecule has 2 aromatic rings. The van der Waals surface area contributed by atoms with Crippen molar-refractivity contribution in [3.05, 3.63) is 34.4 Å². The molecule has 0 aliphatic heterocycles. The number of fused-ring (bicyclic) bond motifs is 2. The van der Waals surface area contributed by atoms with Crippen LogP contribution in [0.2, 0.25) is 0 Å². The van der Waals surface area contributed by atoms with E-state index in [1.165, 1.54) is 89.9 Å². The molecule has 0 saturated carbocycles. The molecule has 0 atom stereocenters. The van der Waals surface area contributed by atoms with Gasteiger partial charge in [-0.05, 0) is 50.7 Å². The van der Waals surface area contributed by atoms with Crippen molar-refractivity contribution in [2.24, 2.45) is 0 Å². The zero-order chi connectivity index (χ0) is 48.9. The van der Waals surface area contributed by atoms with Crippen LogP contribution >= 0.6 is 0 Å². The summed E-state index contributed by atoms with van der Waals surface area (Å²) in [6.45, 7) is 16.1. The number of rotatable bonds is 46. The number of carbonyl (C=O) groups is 2. The lowest BCUT2D eigenvalue weighted by atomic mass is 9.82. The lowest BCUT2D eigenvalue weighted by Gasteiger charge is -2.27. The Kier molecular flexibility index (Phi) is 33.2. The first kappa shape index (κ1) is 58.9. The van der Waals surface area contributed by atoms with Crippen LogP contribution in [0.4, 0.5) is 0 Å². The van der Waals surface area contributed by atoms with Crippen LogP contribution < -0.4 is 28.4 Å². The normalized spacial score (nSPS) is 12.0. The molecule has 0 fully saturated rings. The maximum absolute atomic E-state index is 15.4. The summed E-state index contributed by atoms with van der Waals surface area (Å²) in [7, 11) is 0. The molecule has 0 unspecified atom stereocenters. The van der Waals surface area contributed by atoms with Crippen LogP contribution in [0.15, 0.2) is 12.1 Å². The molecule has 0 amide bonds. The molecule has 1 aliphatic carbocycles. The molecule has 8 nitrogen and oxygen atoms in total. The molecule has 0 aromatic heterocycles. The second kappa shape index (κ2) is 38.3. The second-order valence-corrected chi connectivity index (χ2v) is 19.6. The highest BCUT2D eigenvalue weighted by Gasteiger charge is 2.41. The van der Waals surface area contributed by atoms with Crippen LogP contribution in [0.5, 0.6) is 34.5 Å². The van der Waals surface area contributed by atoms with Gasteiger partial charge in [0.15, 0.2) is 34.6 Å². The van der Waals surface area contributed by atoms with Gasteiger partial charge in [-0.15, -0.1) is 0 Å². The first-order valence-electron chi connectivity index (χ1n) is 28.8. The van der Waals surface area contributed by atoms with Crippen molar-refractivity contribution in [3.8, 4) is 34.5 Å². The summed E-state index contributed by atoms with van der Waals surface area (Å²) in [4.78, 5) is 30.8. The number of carbonyl (C=O) groups excluding carboxylic acids is 2. The van der Waals surface area contributed by atoms with E-state index >= 15 is 9.59 Å². The molecule has 3 rings (SSSR count). The number of ether oxygens (including phenoxy) is 6. The number of ketones is 2. The standard InChI is InChI=1S/C60H100O8/c1-7-13-19-25-31-35-41-63-51-47-49-53(59(67-45-37-29-23-17-11-5)57(51)65-43-39-33-27-21-15-9-3)56(62)50-48-52(64-42-36-32-26-20-14-8-2)58(66-44-40-34-28-22-16-10-4)60(54(50)55(49)61)68-46-38-30-24-18-12-6/h47-48H,7-46H2,1-6H3. The van der Waals surface area contributed by atoms with E-state index in [2.05, 4.69) is 41.5 Å². The van der Waals surface area contributed by atoms with Crippen molar-refractivity contribution in [2.75, 3.05) is 39.6 Å². The van der Waals surface area contributed by atoms with E-state index in [1.54, 1.807) is 12.1 Å². The third kappa shape index (κ3) is 21.7. The van der Waals surface area contributed by atoms with Gasteiger partial charge in [-0.25, -0.2) is 0 Å². The molecule has 0 bridgehead atoms. The summed E-state index contributed by atoms with van der Waals surface area (Å²) in [5, 5.41) is 0. The highest BCUT2D eigenvalue weighted by molar-refractivity contribution is 6.31. The van der Waals surface area contributed by atoms with Gasteiger partial charge >= 0.3 is 0 Å². The number of hydrogen-bond donors (Lipinski definition) is 0. The molecular weight excluding hydrogens is 849 g/mol. The molecule has 2 aromatic carbocycles. The third-order valence-corrected chi connectivity index (χ3v) is 13.3. The van der Waals surface area contributed by atoms with Gasteiger partial charge in [-0.1, -0.05) is 221 Å². The van der Waals surface area contributed by atoms with Crippen LogP contribution in [0, 0.1) is 0 Å². The lowest BCUT2D eigenvalue weighted by Crippen LogP contribution is -2.25. The van der Waals surface area contributed by atoms with Crippen LogP contribution in [0.1, 0.15) is 292 Å². The second-order valence-electron chi connectivity index (χ2n) is 19.6. The van der Waals surface area contributed by atoms with Gasteiger partial charge in [-0.3, -0.25) is 9.59 Å².